The maximum atomic E-state index is 14.2. The minimum absolute atomic E-state index is 0.0118. The molecule has 2 N–H and O–H groups in total. The van der Waals surface area contributed by atoms with Gasteiger partial charge in [-0.2, -0.15) is 0 Å². The van der Waals surface area contributed by atoms with Gasteiger partial charge in [0.05, 0.1) is 12.6 Å². The summed E-state index contributed by atoms with van der Waals surface area (Å²) in [5.41, 5.74) is -0.541. The van der Waals surface area contributed by atoms with Crippen LogP contribution in [0.25, 0.3) is 0 Å². The molecule has 1 aromatic carbocycles. The number of hydrogen-bond donors (Lipinski definition) is 2. The molecule has 7 nitrogen and oxygen atoms in total. The molecule has 11 heteroatoms. The molecule has 2 fully saturated rings. The van der Waals surface area contributed by atoms with E-state index in [1.165, 1.54) is 6.92 Å². The molecule has 0 radical (unpaired) electrons. The Kier molecular flexibility index (Phi) is 6.87. The molecule has 1 saturated carbocycles. The Morgan fingerprint density at radius 3 is 2.53 bits per heavy atom. The van der Waals surface area contributed by atoms with Gasteiger partial charge in [0.25, 0.3) is 0 Å². The number of nitrogens with zero attached hydrogens (tertiary/aromatic N) is 2. The molecule has 1 heterocycles. The maximum Gasteiger partial charge on any atom is 0.573 e. The molecular weight excluding hydrogens is 434 g/mol. The molecule has 3 amide bonds. The van der Waals surface area contributed by atoms with E-state index in [1.807, 2.05) is 6.92 Å². The highest BCUT2D eigenvalue weighted by atomic mass is 19.4. The van der Waals surface area contributed by atoms with Crippen LogP contribution in [0.4, 0.5) is 22.4 Å². The second-order valence-electron chi connectivity index (χ2n) is 8.82. The quantitative estimate of drug-likeness (QED) is 0.639. The Morgan fingerprint density at radius 2 is 2.00 bits per heavy atom. The normalized spacial score (nSPS) is 23.6. The van der Waals surface area contributed by atoms with E-state index < -0.39 is 29.4 Å². The van der Waals surface area contributed by atoms with Crippen molar-refractivity contribution in [2.24, 2.45) is 5.41 Å². The Labute approximate surface area is 183 Å². The zero-order valence-corrected chi connectivity index (χ0v) is 17.9. The molecule has 0 spiro atoms. The molecule has 2 atom stereocenters. The van der Waals surface area contributed by atoms with Crippen molar-refractivity contribution in [3.8, 4) is 5.75 Å². The molecule has 3 rings (SSSR count). The third-order valence-electron chi connectivity index (χ3n) is 5.82. The minimum Gasteiger partial charge on any atom is -0.406 e. The van der Waals surface area contributed by atoms with E-state index in [9.17, 15) is 32.3 Å². The SMILES string of the molecule is CC(=O)N1C[C@H](N(C(=O)NCc2ccc(OC(F)(F)F)cc2F)C2CC2)C[C@](C)(CO)C1. The van der Waals surface area contributed by atoms with Crippen molar-refractivity contribution in [1.82, 2.24) is 15.1 Å². The fourth-order valence-corrected chi connectivity index (χ4v) is 4.13. The molecular formula is C21H27F4N3O4. The van der Waals surface area contributed by atoms with Crippen LogP contribution in [-0.4, -0.2) is 65.0 Å². The molecule has 178 valence electrons. The van der Waals surface area contributed by atoms with Gasteiger partial charge in [0, 0.05) is 49.6 Å². The summed E-state index contributed by atoms with van der Waals surface area (Å²) < 4.78 is 54.8. The second kappa shape index (κ2) is 9.13. The Hall–Kier alpha value is -2.56. The number of benzene rings is 1. The number of piperidine rings is 1. The maximum absolute atomic E-state index is 14.2. The highest BCUT2D eigenvalue weighted by molar-refractivity contribution is 5.76. The topological polar surface area (TPSA) is 82.1 Å². The summed E-state index contributed by atoms with van der Waals surface area (Å²) in [6, 6.07) is 1.95. The van der Waals surface area contributed by atoms with Crippen LogP contribution >= 0.6 is 0 Å². The number of likely N-dealkylation sites (tertiary alicyclic amines) is 1. The van der Waals surface area contributed by atoms with Gasteiger partial charge in [0.1, 0.15) is 11.6 Å². The summed E-state index contributed by atoms with van der Waals surface area (Å²) in [5, 5.41) is 12.5. The summed E-state index contributed by atoms with van der Waals surface area (Å²) >= 11 is 0. The first-order valence-corrected chi connectivity index (χ1v) is 10.4. The Balaban J connectivity index is 1.69. The summed E-state index contributed by atoms with van der Waals surface area (Å²) in [6.45, 7) is 3.68. The van der Waals surface area contributed by atoms with Gasteiger partial charge in [-0.25, -0.2) is 9.18 Å². The number of nitrogens with one attached hydrogen (secondary N) is 1. The zero-order chi connectivity index (χ0) is 23.7. The molecule has 1 aromatic rings. The van der Waals surface area contributed by atoms with E-state index in [4.69, 9.17) is 0 Å². The third-order valence-corrected chi connectivity index (χ3v) is 5.82. The van der Waals surface area contributed by atoms with Gasteiger partial charge >= 0.3 is 12.4 Å². The van der Waals surface area contributed by atoms with Gasteiger partial charge in [-0.1, -0.05) is 13.0 Å². The van der Waals surface area contributed by atoms with Crippen LogP contribution in [0.5, 0.6) is 5.75 Å². The molecule has 2 aliphatic rings. The Bertz CT molecular complexity index is 862. The number of halogens is 4. The highest BCUT2D eigenvalue weighted by Crippen LogP contribution is 2.37. The van der Waals surface area contributed by atoms with Crippen LogP contribution in [0.3, 0.4) is 0 Å². The number of alkyl halides is 3. The largest absolute Gasteiger partial charge is 0.573 e. The number of carbonyl (C=O) groups excluding carboxylic acids is 2. The molecule has 32 heavy (non-hydrogen) atoms. The number of amides is 3. The van der Waals surface area contributed by atoms with E-state index in [0.717, 1.165) is 25.0 Å². The molecule has 1 aliphatic heterocycles. The highest BCUT2D eigenvalue weighted by Gasteiger charge is 2.45. The van der Waals surface area contributed by atoms with E-state index >= 15 is 0 Å². The van der Waals surface area contributed by atoms with Crippen molar-refractivity contribution < 1.29 is 37.0 Å². The van der Waals surface area contributed by atoms with Crippen molar-refractivity contribution in [3.63, 3.8) is 0 Å². The lowest BCUT2D eigenvalue weighted by atomic mass is 9.80. The van der Waals surface area contributed by atoms with E-state index in [-0.39, 0.29) is 36.7 Å². The average Bonchev–Trinajstić information content (AvgIpc) is 3.51. The molecule has 1 saturated heterocycles. The van der Waals surface area contributed by atoms with Crippen molar-refractivity contribution >= 4 is 11.9 Å². The first-order valence-electron chi connectivity index (χ1n) is 10.4. The van der Waals surface area contributed by atoms with E-state index in [1.54, 1.807) is 9.80 Å². The smallest absolute Gasteiger partial charge is 0.406 e. The number of carbonyl (C=O) groups is 2. The monoisotopic (exact) mass is 461 g/mol. The Morgan fingerprint density at radius 1 is 1.31 bits per heavy atom. The second-order valence-corrected chi connectivity index (χ2v) is 8.82. The minimum atomic E-state index is -4.93. The van der Waals surface area contributed by atoms with Gasteiger partial charge < -0.3 is 25.0 Å². The van der Waals surface area contributed by atoms with Crippen LogP contribution in [-0.2, 0) is 11.3 Å². The third kappa shape index (κ3) is 6.02. The summed E-state index contributed by atoms with van der Waals surface area (Å²) in [6.07, 6.45) is -2.81. The van der Waals surface area contributed by atoms with Crippen molar-refractivity contribution in [3.05, 3.63) is 29.6 Å². The van der Waals surface area contributed by atoms with E-state index in [2.05, 4.69) is 10.1 Å². The lowest BCUT2D eigenvalue weighted by molar-refractivity contribution is -0.274. The average molecular weight is 461 g/mol. The van der Waals surface area contributed by atoms with Gasteiger partial charge in [-0.05, 0) is 25.3 Å². The van der Waals surface area contributed by atoms with Crippen LogP contribution in [0, 0.1) is 11.2 Å². The van der Waals surface area contributed by atoms with Gasteiger partial charge in [-0.3, -0.25) is 4.79 Å². The summed E-state index contributed by atoms with van der Waals surface area (Å²) in [4.78, 5) is 28.3. The first-order chi connectivity index (χ1) is 14.9. The van der Waals surface area contributed by atoms with Gasteiger partial charge in [0.15, 0.2) is 0 Å². The number of hydrogen-bond acceptors (Lipinski definition) is 4. The van der Waals surface area contributed by atoms with Crippen LogP contribution in [0.2, 0.25) is 0 Å². The van der Waals surface area contributed by atoms with Crippen LogP contribution in [0.15, 0.2) is 18.2 Å². The van der Waals surface area contributed by atoms with Gasteiger partial charge in [0.2, 0.25) is 5.91 Å². The predicted molar refractivity (Wildman–Crippen MR) is 106 cm³/mol. The predicted octanol–water partition coefficient (Wildman–Crippen LogP) is 3.02. The number of ether oxygens (including phenoxy) is 1. The van der Waals surface area contributed by atoms with Crippen molar-refractivity contribution in [2.45, 2.75) is 58.1 Å². The van der Waals surface area contributed by atoms with E-state index in [0.29, 0.717) is 25.6 Å². The zero-order valence-electron chi connectivity index (χ0n) is 17.9. The van der Waals surface area contributed by atoms with Crippen molar-refractivity contribution in [1.29, 1.82) is 0 Å². The van der Waals surface area contributed by atoms with Crippen molar-refractivity contribution in [2.75, 3.05) is 19.7 Å². The molecule has 0 unspecified atom stereocenters. The number of urea groups is 1. The number of aliphatic hydroxyl groups excluding tert-OH is 1. The molecule has 0 bridgehead atoms. The number of aliphatic hydroxyl groups is 1. The fourth-order valence-electron chi connectivity index (χ4n) is 4.13. The number of rotatable bonds is 6. The fraction of sp³-hybridized carbons (Fsp3) is 0.619. The molecule has 0 aromatic heterocycles. The standard InChI is InChI=1S/C21H27F4N3O4/c1-13(30)27-10-16(8-20(2,11-27)12-29)28(15-4-5-15)19(31)26-9-14-3-6-17(7-18(14)22)32-21(23,24)25/h3,6-7,15-16,29H,4-5,8-12H2,1-2H3,(H,26,31)/t16-,20+/m1/s1. The molecule has 1 aliphatic carbocycles. The summed E-state index contributed by atoms with van der Waals surface area (Å²) in [5.74, 6) is -1.76. The summed E-state index contributed by atoms with van der Waals surface area (Å²) in [7, 11) is 0. The van der Waals surface area contributed by atoms with Crippen LogP contribution in [0.1, 0.15) is 38.7 Å². The lowest BCUT2D eigenvalue weighted by Crippen LogP contribution is -2.59. The van der Waals surface area contributed by atoms with Gasteiger partial charge in [-0.15, -0.1) is 13.2 Å². The van der Waals surface area contributed by atoms with Crippen LogP contribution < -0.4 is 10.1 Å². The lowest BCUT2D eigenvalue weighted by Gasteiger charge is -2.47. The first kappa shape index (κ1) is 24.1.